The Bertz CT molecular complexity index is 723. The van der Waals surface area contributed by atoms with Crippen LogP contribution in [0, 0.1) is 0 Å². The summed E-state index contributed by atoms with van der Waals surface area (Å²) < 4.78 is 0. The van der Waals surface area contributed by atoms with E-state index in [4.69, 9.17) is 0 Å². The molecule has 0 radical (unpaired) electrons. The van der Waals surface area contributed by atoms with Crippen molar-refractivity contribution in [3.8, 4) is 0 Å². The van der Waals surface area contributed by atoms with E-state index in [1.54, 1.807) is 12.4 Å². The molecule has 29 heavy (non-hydrogen) atoms. The van der Waals surface area contributed by atoms with Crippen LogP contribution in [0.3, 0.4) is 0 Å². The van der Waals surface area contributed by atoms with E-state index in [9.17, 15) is 4.79 Å². The van der Waals surface area contributed by atoms with Crippen molar-refractivity contribution in [1.82, 2.24) is 20.1 Å². The minimum Gasteiger partial charge on any atom is -0.358 e. The second-order valence-electron chi connectivity index (χ2n) is 7.32. The van der Waals surface area contributed by atoms with Crippen LogP contribution in [0.25, 0.3) is 0 Å². The Morgan fingerprint density at radius 2 is 2.00 bits per heavy atom. The minimum absolute atomic E-state index is 0.0992. The lowest BCUT2D eigenvalue weighted by Crippen LogP contribution is -2.50. The van der Waals surface area contributed by atoms with Gasteiger partial charge in [0.2, 0.25) is 0 Å². The van der Waals surface area contributed by atoms with Gasteiger partial charge in [-0.2, -0.15) is 0 Å². The summed E-state index contributed by atoms with van der Waals surface area (Å²) in [5.74, 6) is 0. The van der Waals surface area contributed by atoms with Crippen molar-refractivity contribution >= 4 is 12.0 Å². The number of hydrogen-bond acceptors (Lipinski definition) is 6. The molecular formula is C23H33N5O. The number of carbonyl (C=O) groups excluding carboxylic acids is 1. The van der Waals surface area contributed by atoms with Crippen molar-refractivity contribution in [3.05, 3.63) is 72.7 Å². The third kappa shape index (κ3) is 9.00. The second kappa shape index (κ2) is 12.8. The summed E-state index contributed by atoms with van der Waals surface area (Å²) in [6.07, 6.45) is 6.50. The molecule has 1 atom stereocenters. The summed E-state index contributed by atoms with van der Waals surface area (Å²) in [6.45, 7) is 7.07. The Labute approximate surface area is 174 Å². The molecule has 6 heteroatoms. The molecule has 0 amide bonds. The van der Waals surface area contributed by atoms with Crippen LogP contribution in [0.4, 0.5) is 5.69 Å². The molecule has 2 aromatic rings. The highest BCUT2D eigenvalue weighted by molar-refractivity contribution is 5.51. The number of aldehydes is 1. The van der Waals surface area contributed by atoms with Crippen molar-refractivity contribution in [2.24, 2.45) is 0 Å². The van der Waals surface area contributed by atoms with Gasteiger partial charge in [-0.25, -0.2) is 0 Å². The Morgan fingerprint density at radius 1 is 1.21 bits per heavy atom. The lowest BCUT2D eigenvalue weighted by molar-refractivity contribution is -0.109. The van der Waals surface area contributed by atoms with Gasteiger partial charge in [-0.05, 0) is 51.2 Å². The predicted molar refractivity (Wildman–Crippen MR) is 119 cm³/mol. The van der Waals surface area contributed by atoms with Gasteiger partial charge in [0.1, 0.15) is 6.29 Å². The Kier molecular flexibility index (Phi) is 10.1. The molecule has 0 aliphatic rings. The van der Waals surface area contributed by atoms with Crippen LogP contribution in [0.2, 0.25) is 0 Å². The van der Waals surface area contributed by atoms with Crippen LogP contribution in [0.15, 0.2) is 67.1 Å². The lowest BCUT2D eigenvalue weighted by Gasteiger charge is -2.31. The molecule has 1 aromatic heterocycles. The molecular weight excluding hydrogens is 362 g/mol. The fraction of sp³-hybridized carbons (Fsp3) is 0.391. The number of nitrogens with zero attached hydrogens (tertiary/aromatic N) is 3. The van der Waals surface area contributed by atoms with Gasteiger partial charge < -0.3 is 15.0 Å². The Morgan fingerprint density at radius 3 is 2.69 bits per heavy atom. The van der Waals surface area contributed by atoms with Gasteiger partial charge in [-0.1, -0.05) is 36.9 Å². The number of pyridine rings is 1. The summed E-state index contributed by atoms with van der Waals surface area (Å²) in [5, 5.41) is 6.87. The average molecular weight is 396 g/mol. The van der Waals surface area contributed by atoms with Crippen molar-refractivity contribution < 1.29 is 4.79 Å². The molecule has 156 valence electrons. The van der Waals surface area contributed by atoms with Crippen LogP contribution >= 0.6 is 0 Å². The topological polar surface area (TPSA) is 60.5 Å². The van der Waals surface area contributed by atoms with Gasteiger partial charge in [-0.3, -0.25) is 15.2 Å². The number of hydrogen-bond donors (Lipinski definition) is 2. The van der Waals surface area contributed by atoms with Crippen LogP contribution in [0.5, 0.6) is 0 Å². The van der Waals surface area contributed by atoms with E-state index in [1.165, 1.54) is 5.56 Å². The molecule has 2 rings (SSSR count). The van der Waals surface area contributed by atoms with Crippen LogP contribution in [0.1, 0.15) is 18.4 Å². The molecule has 1 aromatic carbocycles. The maximum absolute atomic E-state index is 11.0. The van der Waals surface area contributed by atoms with E-state index in [1.807, 2.05) is 37.4 Å². The number of rotatable bonds is 14. The summed E-state index contributed by atoms with van der Waals surface area (Å²) in [4.78, 5) is 19.4. The summed E-state index contributed by atoms with van der Waals surface area (Å²) in [6, 6.07) is 14.2. The number of benzene rings is 1. The van der Waals surface area contributed by atoms with Crippen molar-refractivity contribution in [2.45, 2.75) is 25.6 Å². The maximum atomic E-state index is 11.0. The monoisotopic (exact) mass is 395 g/mol. The third-order valence-electron chi connectivity index (χ3n) is 4.76. The highest BCUT2D eigenvalue weighted by Crippen LogP contribution is 2.10. The van der Waals surface area contributed by atoms with Crippen LogP contribution in [-0.4, -0.2) is 61.0 Å². The van der Waals surface area contributed by atoms with E-state index < -0.39 is 0 Å². The highest BCUT2D eigenvalue weighted by atomic mass is 16.1. The fourth-order valence-corrected chi connectivity index (χ4v) is 3.09. The number of likely N-dealkylation sites (N-methyl/N-ethyl adjacent to an activating group) is 2. The van der Waals surface area contributed by atoms with Crippen LogP contribution in [-0.2, 0) is 11.3 Å². The first kappa shape index (κ1) is 22.7. The summed E-state index contributed by atoms with van der Waals surface area (Å²) >= 11 is 0. The van der Waals surface area contributed by atoms with Crippen molar-refractivity contribution in [3.63, 3.8) is 0 Å². The smallest absolute Gasteiger partial charge is 0.134 e. The van der Waals surface area contributed by atoms with E-state index in [2.05, 4.69) is 51.2 Å². The minimum atomic E-state index is 0.0992. The van der Waals surface area contributed by atoms with Crippen molar-refractivity contribution in [2.75, 3.05) is 39.0 Å². The molecule has 0 aliphatic carbocycles. The van der Waals surface area contributed by atoms with E-state index in [-0.39, 0.29) is 6.17 Å². The first-order valence-corrected chi connectivity index (χ1v) is 10.0. The second-order valence-corrected chi connectivity index (χ2v) is 7.32. The zero-order valence-corrected chi connectivity index (χ0v) is 17.6. The molecule has 1 heterocycles. The number of carbonyl (C=O) groups is 1. The Balaban J connectivity index is 1.76. The molecule has 0 bridgehead atoms. The summed E-state index contributed by atoms with van der Waals surface area (Å²) in [5.41, 5.74) is 3.19. The first-order valence-electron chi connectivity index (χ1n) is 10.0. The maximum Gasteiger partial charge on any atom is 0.134 e. The number of anilines is 1. The molecule has 0 saturated heterocycles. The molecule has 0 spiro atoms. The summed E-state index contributed by atoms with van der Waals surface area (Å²) in [7, 11) is 4.09. The average Bonchev–Trinajstić information content (AvgIpc) is 2.72. The van der Waals surface area contributed by atoms with Crippen molar-refractivity contribution in [1.29, 1.82) is 0 Å². The quantitative estimate of drug-likeness (QED) is 0.379. The lowest BCUT2D eigenvalue weighted by atomic mass is 10.2. The first-order chi connectivity index (χ1) is 14.1. The van der Waals surface area contributed by atoms with Crippen LogP contribution < -0.4 is 10.6 Å². The molecule has 0 fully saturated rings. The van der Waals surface area contributed by atoms with E-state index in [0.29, 0.717) is 6.54 Å². The van der Waals surface area contributed by atoms with Gasteiger partial charge in [0, 0.05) is 25.0 Å². The van der Waals surface area contributed by atoms with Gasteiger partial charge in [-0.15, -0.1) is 0 Å². The fourth-order valence-electron chi connectivity index (χ4n) is 3.09. The molecule has 1 unspecified atom stereocenters. The normalized spacial score (nSPS) is 12.1. The molecule has 0 saturated carbocycles. The van der Waals surface area contributed by atoms with E-state index in [0.717, 1.165) is 50.1 Å². The standard InChI is InChI=1S/C23H33N5O/c1-20(26-22-12-7-13-24-18-22)9-8-14-27(2)19-23(28(3)15-16-29)25-17-21-10-5-4-6-11-21/h4-7,10-13,16,18,23,25-26H,1,8-9,14-15,17,19H2,2-3H3. The third-order valence-corrected chi connectivity index (χ3v) is 4.76. The number of nitrogens with one attached hydrogen (secondary N) is 2. The highest BCUT2D eigenvalue weighted by Gasteiger charge is 2.16. The van der Waals surface area contributed by atoms with Gasteiger partial charge in [0.25, 0.3) is 0 Å². The van der Waals surface area contributed by atoms with Gasteiger partial charge in [0.15, 0.2) is 0 Å². The van der Waals surface area contributed by atoms with Gasteiger partial charge in [0.05, 0.1) is 24.6 Å². The Hall–Kier alpha value is -2.54. The molecule has 0 aliphatic heterocycles. The largest absolute Gasteiger partial charge is 0.358 e. The number of allylic oxidation sites excluding steroid dienone is 1. The molecule has 2 N–H and O–H groups in total. The zero-order chi connectivity index (χ0) is 20.9. The zero-order valence-electron chi connectivity index (χ0n) is 17.6. The van der Waals surface area contributed by atoms with Gasteiger partial charge >= 0.3 is 0 Å². The number of aromatic nitrogens is 1. The predicted octanol–water partition coefficient (Wildman–Crippen LogP) is 2.97. The van der Waals surface area contributed by atoms with E-state index >= 15 is 0 Å². The molecule has 6 nitrogen and oxygen atoms in total. The SMILES string of the molecule is C=C(CCCN(C)CC(NCc1ccccc1)N(C)CC=O)Nc1cccnc1.